The van der Waals surface area contributed by atoms with E-state index in [1.807, 2.05) is 4.90 Å². The van der Waals surface area contributed by atoms with Crippen molar-refractivity contribution in [1.82, 2.24) is 0 Å². The predicted octanol–water partition coefficient (Wildman–Crippen LogP) is 2.67. The number of rotatable bonds is 3. The summed E-state index contributed by atoms with van der Waals surface area (Å²) in [6.45, 7) is 1.25. The lowest BCUT2D eigenvalue weighted by molar-refractivity contribution is -0.384. The van der Waals surface area contributed by atoms with Crippen LogP contribution in [-0.4, -0.2) is 24.1 Å². The van der Waals surface area contributed by atoms with Crippen molar-refractivity contribution < 1.29 is 4.92 Å². The molecule has 1 aliphatic heterocycles. The van der Waals surface area contributed by atoms with Crippen LogP contribution in [-0.2, 0) is 0 Å². The van der Waals surface area contributed by atoms with Gasteiger partial charge in [0, 0.05) is 18.0 Å². The van der Waals surface area contributed by atoms with Gasteiger partial charge in [-0.25, -0.2) is 0 Å². The summed E-state index contributed by atoms with van der Waals surface area (Å²) in [4.78, 5) is 15.2. The minimum atomic E-state index is -0.438. The van der Waals surface area contributed by atoms with Gasteiger partial charge < -0.3 is 4.90 Å². The van der Waals surface area contributed by atoms with Crippen LogP contribution in [0.1, 0.15) is 12.8 Å². The third-order valence-corrected chi connectivity index (χ3v) is 2.95. The number of benzene rings is 1. The van der Waals surface area contributed by atoms with Crippen LogP contribution >= 0.6 is 0 Å². The lowest BCUT2D eigenvalue weighted by Gasteiger charge is -2.31. The van der Waals surface area contributed by atoms with Crippen LogP contribution in [0.25, 0.3) is 10.4 Å². The van der Waals surface area contributed by atoms with Crippen LogP contribution in [0.3, 0.4) is 0 Å². The topological polar surface area (TPSA) is 95.1 Å². The molecule has 1 aromatic carbocycles. The summed E-state index contributed by atoms with van der Waals surface area (Å²) in [7, 11) is 0. The molecule has 93 valence electrons. The van der Waals surface area contributed by atoms with Gasteiger partial charge in [0.1, 0.15) is 5.69 Å². The van der Waals surface area contributed by atoms with Crippen LogP contribution < -0.4 is 4.90 Å². The second-order valence-electron chi connectivity index (χ2n) is 4.11. The molecule has 0 amide bonds. The summed E-state index contributed by atoms with van der Waals surface area (Å²) >= 11 is 0. The number of hydrogen-bond donors (Lipinski definition) is 0. The third kappa shape index (κ3) is 2.52. The van der Waals surface area contributed by atoms with E-state index in [0.717, 1.165) is 19.4 Å². The third-order valence-electron chi connectivity index (χ3n) is 2.95. The maximum Gasteiger partial charge on any atom is 0.300 e. The van der Waals surface area contributed by atoms with Gasteiger partial charge in [0.15, 0.2) is 0 Å². The Morgan fingerprint density at radius 2 is 2.50 bits per heavy atom. The van der Waals surface area contributed by atoms with Gasteiger partial charge in [-0.3, -0.25) is 10.1 Å². The molecular weight excluding hydrogens is 234 g/mol. The van der Waals surface area contributed by atoms with Crippen molar-refractivity contribution >= 4 is 11.4 Å². The molecule has 0 saturated carbocycles. The molecular formula is C11H12N5O2. The van der Waals surface area contributed by atoms with Gasteiger partial charge in [0.2, 0.25) is 0 Å². The van der Waals surface area contributed by atoms with Gasteiger partial charge in [-0.15, -0.1) is 0 Å². The fourth-order valence-electron chi connectivity index (χ4n) is 2.16. The molecule has 7 nitrogen and oxygen atoms in total. The highest BCUT2D eigenvalue weighted by molar-refractivity contribution is 5.62. The fourth-order valence-corrected chi connectivity index (χ4v) is 2.16. The summed E-state index contributed by atoms with van der Waals surface area (Å²) in [5.74, 6) is 0. The first-order chi connectivity index (χ1) is 8.72. The molecule has 0 bridgehead atoms. The lowest BCUT2D eigenvalue weighted by Crippen LogP contribution is -2.37. The van der Waals surface area contributed by atoms with E-state index in [2.05, 4.69) is 16.1 Å². The molecule has 1 atom stereocenters. The number of hydrogen-bond acceptors (Lipinski definition) is 4. The summed E-state index contributed by atoms with van der Waals surface area (Å²) < 4.78 is 0. The molecule has 1 radical (unpaired) electrons. The van der Waals surface area contributed by atoms with Gasteiger partial charge in [0.25, 0.3) is 0 Å². The Morgan fingerprint density at radius 1 is 1.67 bits per heavy atom. The van der Waals surface area contributed by atoms with E-state index in [-0.39, 0.29) is 11.7 Å². The maximum absolute atomic E-state index is 10.9. The lowest BCUT2D eigenvalue weighted by atomic mass is 10.1. The van der Waals surface area contributed by atoms with E-state index >= 15 is 0 Å². The number of para-hydroxylation sites is 1. The Kier molecular flexibility index (Phi) is 3.64. The predicted molar refractivity (Wildman–Crippen MR) is 66.3 cm³/mol. The molecule has 2 rings (SSSR count). The van der Waals surface area contributed by atoms with Crippen molar-refractivity contribution in [3.63, 3.8) is 0 Å². The molecule has 7 heteroatoms. The SMILES string of the molecule is [N-]=[N+]=N[C@@H]1CCCN(c2ccc[c]c2[N+](=O)[O-])C1. The van der Waals surface area contributed by atoms with E-state index in [9.17, 15) is 10.1 Å². The zero-order valence-corrected chi connectivity index (χ0v) is 9.69. The Bertz CT molecular complexity index is 498. The summed E-state index contributed by atoms with van der Waals surface area (Å²) in [5.41, 5.74) is 8.96. The first-order valence-electron chi connectivity index (χ1n) is 5.66. The van der Waals surface area contributed by atoms with Gasteiger partial charge in [0.05, 0.1) is 17.0 Å². The largest absolute Gasteiger partial charge is 0.366 e. The normalized spacial score (nSPS) is 19.1. The fraction of sp³-hybridized carbons (Fsp3) is 0.455. The molecule has 0 aliphatic carbocycles. The van der Waals surface area contributed by atoms with E-state index < -0.39 is 4.92 Å². The molecule has 18 heavy (non-hydrogen) atoms. The highest BCUT2D eigenvalue weighted by atomic mass is 16.6. The standard InChI is InChI=1S/C11H12N5O2/c12-14-13-9-4-3-7-15(8-9)10-5-1-2-6-11(10)16(17)18/h1-2,5,9H,3-4,7-8H2/t9-/m1/s1. The summed E-state index contributed by atoms with van der Waals surface area (Å²) in [6, 6.07) is 7.46. The van der Waals surface area contributed by atoms with Gasteiger partial charge >= 0.3 is 5.69 Å². The van der Waals surface area contributed by atoms with Gasteiger partial charge in [-0.2, -0.15) is 0 Å². The average molecular weight is 246 g/mol. The Labute approximate surface area is 104 Å². The number of nitro benzene ring substituents is 1. The first kappa shape index (κ1) is 12.2. The van der Waals surface area contributed by atoms with Crippen LogP contribution in [0, 0.1) is 16.2 Å². The van der Waals surface area contributed by atoms with E-state index in [0.29, 0.717) is 12.2 Å². The Balaban J connectivity index is 2.25. The van der Waals surface area contributed by atoms with Gasteiger partial charge in [-0.05, 0) is 30.5 Å². The molecule has 0 spiro atoms. The van der Waals surface area contributed by atoms with Crippen molar-refractivity contribution in [2.24, 2.45) is 5.11 Å². The molecule has 0 N–H and O–H groups in total. The van der Waals surface area contributed by atoms with E-state index in [1.165, 1.54) is 6.07 Å². The molecule has 1 heterocycles. The van der Waals surface area contributed by atoms with Gasteiger partial charge in [-0.1, -0.05) is 11.2 Å². The van der Waals surface area contributed by atoms with Crippen molar-refractivity contribution in [2.75, 3.05) is 18.0 Å². The number of anilines is 1. The van der Waals surface area contributed by atoms with Crippen LogP contribution in [0.15, 0.2) is 23.3 Å². The van der Waals surface area contributed by atoms with E-state index in [1.54, 1.807) is 12.1 Å². The van der Waals surface area contributed by atoms with Crippen molar-refractivity contribution in [3.05, 3.63) is 44.8 Å². The Morgan fingerprint density at radius 3 is 3.22 bits per heavy atom. The highest BCUT2D eigenvalue weighted by Gasteiger charge is 2.24. The summed E-state index contributed by atoms with van der Waals surface area (Å²) in [5, 5.41) is 14.6. The smallest absolute Gasteiger partial charge is 0.300 e. The minimum absolute atomic E-state index is 0.0286. The average Bonchev–Trinajstić information content (AvgIpc) is 2.39. The maximum atomic E-state index is 10.9. The quantitative estimate of drug-likeness (QED) is 0.269. The molecule has 0 aromatic heterocycles. The number of nitrogens with zero attached hydrogens (tertiary/aromatic N) is 5. The van der Waals surface area contributed by atoms with Crippen LogP contribution in [0.2, 0.25) is 0 Å². The molecule has 0 unspecified atom stereocenters. The van der Waals surface area contributed by atoms with Crippen molar-refractivity contribution in [2.45, 2.75) is 18.9 Å². The second kappa shape index (κ2) is 5.37. The van der Waals surface area contributed by atoms with Crippen molar-refractivity contribution in [1.29, 1.82) is 0 Å². The van der Waals surface area contributed by atoms with Crippen LogP contribution in [0.5, 0.6) is 0 Å². The highest BCUT2D eigenvalue weighted by Crippen LogP contribution is 2.29. The number of azide groups is 1. The molecule has 1 aliphatic rings. The number of piperidine rings is 1. The van der Waals surface area contributed by atoms with Crippen molar-refractivity contribution in [3.8, 4) is 0 Å². The molecule has 1 fully saturated rings. The summed E-state index contributed by atoms with van der Waals surface area (Å²) in [6.07, 6.45) is 1.68. The number of nitro groups is 1. The second-order valence-corrected chi connectivity index (χ2v) is 4.11. The Hall–Kier alpha value is -2.27. The molecule has 1 aromatic rings. The first-order valence-corrected chi connectivity index (χ1v) is 5.66. The van der Waals surface area contributed by atoms with Crippen LogP contribution in [0.4, 0.5) is 11.4 Å². The van der Waals surface area contributed by atoms with E-state index in [4.69, 9.17) is 5.53 Å². The zero-order chi connectivity index (χ0) is 13.0. The molecule has 1 saturated heterocycles. The monoisotopic (exact) mass is 246 g/mol. The minimum Gasteiger partial charge on any atom is -0.366 e. The zero-order valence-electron chi connectivity index (χ0n) is 9.69.